The first-order valence-electron chi connectivity index (χ1n) is 4.21. The van der Waals surface area contributed by atoms with Gasteiger partial charge in [0.15, 0.2) is 5.70 Å². The van der Waals surface area contributed by atoms with Crippen molar-refractivity contribution < 1.29 is 14.3 Å². The van der Waals surface area contributed by atoms with E-state index in [0.717, 1.165) is 5.56 Å². The van der Waals surface area contributed by atoms with Gasteiger partial charge in [-0.05, 0) is 11.6 Å². The lowest BCUT2D eigenvalue weighted by Gasteiger charge is -1.97. The number of benzene rings is 1. The molecule has 1 rings (SSSR count). The van der Waals surface area contributed by atoms with E-state index in [-0.39, 0.29) is 5.70 Å². The van der Waals surface area contributed by atoms with Gasteiger partial charge in [-0.25, -0.2) is 9.59 Å². The van der Waals surface area contributed by atoms with E-state index in [0.29, 0.717) is 0 Å². The topological polar surface area (TPSA) is 55.7 Å². The third-order valence-electron chi connectivity index (χ3n) is 1.66. The van der Waals surface area contributed by atoms with E-state index in [9.17, 15) is 9.59 Å². The lowest BCUT2D eigenvalue weighted by Crippen LogP contribution is -2.02. The molecule has 4 heteroatoms. The van der Waals surface area contributed by atoms with Crippen LogP contribution in [-0.2, 0) is 14.3 Å². The Hall–Kier alpha value is -2.19. The molecule has 0 bridgehead atoms. The van der Waals surface area contributed by atoms with E-state index in [4.69, 9.17) is 0 Å². The highest BCUT2D eigenvalue weighted by molar-refractivity contribution is 5.94. The summed E-state index contributed by atoms with van der Waals surface area (Å²) in [4.78, 5) is 24.5. The number of carbonyl (C=O) groups excluding carboxylic acids is 2. The van der Waals surface area contributed by atoms with Crippen LogP contribution in [0.15, 0.2) is 41.0 Å². The zero-order valence-corrected chi connectivity index (χ0v) is 8.14. The van der Waals surface area contributed by atoms with Crippen molar-refractivity contribution in [2.75, 3.05) is 7.11 Å². The molecule has 0 aliphatic rings. The summed E-state index contributed by atoms with van der Waals surface area (Å²) in [5.41, 5.74) is 0.690. The van der Waals surface area contributed by atoms with Gasteiger partial charge in [0.1, 0.15) is 0 Å². The summed E-state index contributed by atoms with van der Waals surface area (Å²) in [7, 11) is 1.22. The van der Waals surface area contributed by atoms with Gasteiger partial charge in [0, 0.05) is 0 Å². The molecule has 0 aliphatic carbocycles. The molecule has 0 saturated carbocycles. The summed E-state index contributed by atoms with van der Waals surface area (Å²) >= 11 is 0. The fourth-order valence-corrected chi connectivity index (χ4v) is 0.998. The molecular formula is C11H9NO3. The van der Waals surface area contributed by atoms with Crippen LogP contribution >= 0.6 is 0 Å². The average molecular weight is 203 g/mol. The first-order valence-corrected chi connectivity index (χ1v) is 4.21. The second-order valence-electron chi connectivity index (χ2n) is 2.63. The Kier molecular flexibility index (Phi) is 4.01. The number of methoxy groups -OCH3 is 1. The van der Waals surface area contributed by atoms with Crippen LogP contribution in [-0.4, -0.2) is 19.2 Å². The molecule has 0 aromatic heterocycles. The van der Waals surface area contributed by atoms with Crippen molar-refractivity contribution in [3.63, 3.8) is 0 Å². The highest BCUT2D eigenvalue weighted by Gasteiger charge is 2.07. The van der Waals surface area contributed by atoms with Crippen LogP contribution in [0, 0.1) is 0 Å². The van der Waals surface area contributed by atoms with Crippen molar-refractivity contribution in [1.29, 1.82) is 0 Å². The summed E-state index contributed by atoms with van der Waals surface area (Å²) in [6.07, 6.45) is 2.76. The molecule has 0 atom stereocenters. The summed E-state index contributed by atoms with van der Waals surface area (Å²) in [5, 5.41) is 0. The average Bonchev–Trinajstić information content (AvgIpc) is 2.29. The minimum absolute atomic E-state index is 0.0706. The fraction of sp³-hybridized carbons (Fsp3) is 0.0909. The number of isocyanates is 1. The monoisotopic (exact) mass is 203 g/mol. The number of aliphatic imine (C=N–C) groups is 1. The Bertz CT molecular complexity index is 417. The van der Waals surface area contributed by atoms with Crippen LogP contribution < -0.4 is 0 Å². The van der Waals surface area contributed by atoms with Crippen LogP contribution in [0.4, 0.5) is 0 Å². The quantitative estimate of drug-likeness (QED) is 0.324. The number of carbonyl (C=O) groups is 1. The molecule has 0 aliphatic heterocycles. The largest absolute Gasteiger partial charge is 0.464 e. The van der Waals surface area contributed by atoms with E-state index in [1.165, 1.54) is 19.3 Å². The number of esters is 1. The fourth-order valence-electron chi connectivity index (χ4n) is 0.998. The minimum Gasteiger partial charge on any atom is -0.464 e. The normalized spacial score (nSPS) is 10.3. The van der Waals surface area contributed by atoms with Crippen LogP contribution in [0.5, 0.6) is 0 Å². The molecule has 0 saturated heterocycles. The van der Waals surface area contributed by atoms with Gasteiger partial charge in [0.05, 0.1) is 7.11 Å². The third kappa shape index (κ3) is 3.21. The Morgan fingerprint density at radius 2 is 2.07 bits per heavy atom. The van der Waals surface area contributed by atoms with Crippen molar-refractivity contribution >= 4 is 18.1 Å². The van der Waals surface area contributed by atoms with Gasteiger partial charge < -0.3 is 4.74 Å². The Labute approximate surface area is 86.9 Å². The van der Waals surface area contributed by atoms with E-state index in [1.54, 1.807) is 12.1 Å². The maximum absolute atomic E-state index is 11.1. The van der Waals surface area contributed by atoms with E-state index in [2.05, 4.69) is 9.73 Å². The van der Waals surface area contributed by atoms with Crippen LogP contribution in [0.1, 0.15) is 5.56 Å². The molecular weight excluding hydrogens is 194 g/mol. The first kappa shape index (κ1) is 10.9. The van der Waals surface area contributed by atoms with Crippen LogP contribution in [0.25, 0.3) is 6.08 Å². The maximum Gasteiger partial charge on any atom is 0.357 e. The summed E-state index contributed by atoms with van der Waals surface area (Å²) in [6, 6.07) is 9.03. The van der Waals surface area contributed by atoms with E-state index in [1.807, 2.05) is 18.2 Å². The standard InChI is InChI=1S/C11H9NO3/c1-15-11(14)10(12-8-13)7-9-5-3-2-4-6-9/h2-7H,1H3. The molecule has 4 nitrogen and oxygen atoms in total. The third-order valence-corrected chi connectivity index (χ3v) is 1.66. The summed E-state index contributed by atoms with van der Waals surface area (Å²) in [6.45, 7) is 0. The maximum atomic E-state index is 11.1. The molecule has 0 radical (unpaired) electrons. The molecule has 1 aromatic carbocycles. The summed E-state index contributed by atoms with van der Waals surface area (Å²) < 4.78 is 4.46. The first-order chi connectivity index (χ1) is 7.27. The lowest BCUT2D eigenvalue weighted by molar-refractivity contribution is -0.136. The van der Waals surface area contributed by atoms with Crippen molar-refractivity contribution in [2.45, 2.75) is 0 Å². The van der Waals surface area contributed by atoms with E-state index < -0.39 is 5.97 Å². The number of nitrogens with zero attached hydrogens (tertiary/aromatic N) is 1. The van der Waals surface area contributed by atoms with E-state index >= 15 is 0 Å². The van der Waals surface area contributed by atoms with Gasteiger partial charge in [-0.15, -0.1) is 0 Å². The van der Waals surface area contributed by atoms with Gasteiger partial charge in [0.2, 0.25) is 6.08 Å². The Morgan fingerprint density at radius 1 is 1.40 bits per heavy atom. The van der Waals surface area contributed by atoms with Gasteiger partial charge in [-0.1, -0.05) is 30.3 Å². The van der Waals surface area contributed by atoms with Crippen molar-refractivity contribution in [3.05, 3.63) is 41.6 Å². The second-order valence-corrected chi connectivity index (χ2v) is 2.63. The van der Waals surface area contributed by atoms with Crippen molar-refractivity contribution in [1.82, 2.24) is 0 Å². The Balaban J connectivity index is 3.04. The number of rotatable bonds is 3. The molecule has 0 amide bonds. The number of ether oxygens (including phenoxy) is 1. The SMILES string of the molecule is COC(=O)C(=Cc1ccccc1)N=C=O. The molecule has 15 heavy (non-hydrogen) atoms. The van der Waals surface area contributed by atoms with Crippen molar-refractivity contribution in [2.24, 2.45) is 4.99 Å². The van der Waals surface area contributed by atoms with Gasteiger partial charge in [-0.3, -0.25) is 0 Å². The predicted molar refractivity (Wildman–Crippen MR) is 54.6 cm³/mol. The lowest BCUT2D eigenvalue weighted by atomic mass is 10.2. The molecule has 0 spiro atoms. The zero-order chi connectivity index (χ0) is 11.1. The molecule has 0 unspecified atom stereocenters. The zero-order valence-electron chi connectivity index (χ0n) is 8.14. The van der Waals surface area contributed by atoms with Gasteiger partial charge >= 0.3 is 5.97 Å². The molecule has 76 valence electrons. The highest BCUT2D eigenvalue weighted by Crippen LogP contribution is 2.08. The summed E-state index contributed by atoms with van der Waals surface area (Å²) in [5.74, 6) is -0.665. The number of hydrogen-bond acceptors (Lipinski definition) is 4. The number of hydrogen-bond donors (Lipinski definition) is 0. The second kappa shape index (κ2) is 5.52. The smallest absolute Gasteiger partial charge is 0.357 e. The minimum atomic E-state index is -0.665. The molecule has 0 heterocycles. The predicted octanol–water partition coefficient (Wildman–Crippen LogP) is 1.54. The van der Waals surface area contributed by atoms with Crippen molar-refractivity contribution in [3.8, 4) is 0 Å². The Morgan fingerprint density at radius 3 is 2.60 bits per heavy atom. The molecule has 1 aromatic rings. The van der Waals surface area contributed by atoms with Gasteiger partial charge in [0.25, 0.3) is 0 Å². The van der Waals surface area contributed by atoms with Crippen LogP contribution in [0.2, 0.25) is 0 Å². The molecule has 0 N–H and O–H groups in total. The van der Waals surface area contributed by atoms with Gasteiger partial charge in [-0.2, -0.15) is 4.99 Å². The highest BCUT2D eigenvalue weighted by atomic mass is 16.5. The molecule has 0 fully saturated rings. The van der Waals surface area contributed by atoms with Crippen LogP contribution in [0.3, 0.4) is 0 Å².